The molecule has 1 aromatic rings. The summed E-state index contributed by atoms with van der Waals surface area (Å²) in [4.78, 5) is 24.0. The minimum Gasteiger partial charge on any atom is -0.466 e. The molecule has 0 saturated carbocycles. The lowest BCUT2D eigenvalue weighted by Gasteiger charge is -2.33. The number of hydrogen-bond donors (Lipinski definition) is 1. The molecule has 124 valence electrons. The average Bonchev–Trinajstić information content (AvgIpc) is 2.55. The van der Waals surface area contributed by atoms with Gasteiger partial charge < -0.3 is 15.0 Å². The van der Waals surface area contributed by atoms with Crippen LogP contribution in [0.5, 0.6) is 0 Å². The van der Waals surface area contributed by atoms with Gasteiger partial charge in [-0.25, -0.2) is 0 Å². The molecule has 0 radical (unpaired) electrons. The van der Waals surface area contributed by atoms with Crippen LogP contribution in [0.2, 0.25) is 0 Å². The number of nitrogens with zero attached hydrogens (tertiary/aromatic N) is 2. The lowest BCUT2D eigenvalue weighted by Crippen LogP contribution is -2.44. The number of likely N-dealkylation sites (tertiary alicyclic amines) is 1. The largest absolute Gasteiger partial charge is 0.466 e. The van der Waals surface area contributed by atoms with E-state index in [1.54, 1.807) is 19.1 Å². The molecule has 0 aliphatic carbocycles. The first kappa shape index (κ1) is 17.1. The minimum absolute atomic E-state index is 0.0295. The number of non-ortho nitro benzene ring substituents is 1. The number of carbonyl (C=O) groups is 1. The highest BCUT2D eigenvalue weighted by Crippen LogP contribution is 2.20. The van der Waals surface area contributed by atoms with Gasteiger partial charge in [-0.3, -0.25) is 14.9 Å². The van der Waals surface area contributed by atoms with Gasteiger partial charge in [0.15, 0.2) is 5.11 Å². The Hall–Kier alpha value is -2.22. The van der Waals surface area contributed by atoms with Gasteiger partial charge in [0.1, 0.15) is 0 Å². The second kappa shape index (κ2) is 7.87. The van der Waals surface area contributed by atoms with E-state index < -0.39 is 4.92 Å². The standard InChI is InChI=1S/C15H19N3O4S/c1-2-22-14(19)11-4-3-9-17(10-11)15(23)16-12-5-7-13(8-6-12)18(20)21/h5-8,11H,2-4,9-10H2,1H3,(H,16,23). The molecule has 0 spiro atoms. The molecule has 8 heteroatoms. The van der Waals surface area contributed by atoms with Gasteiger partial charge in [0, 0.05) is 30.9 Å². The third-order valence-corrected chi connectivity index (χ3v) is 4.02. The Kier molecular flexibility index (Phi) is 5.86. The highest BCUT2D eigenvalue weighted by atomic mass is 32.1. The van der Waals surface area contributed by atoms with Gasteiger partial charge >= 0.3 is 5.97 Å². The van der Waals surface area contributed by atoms with E-state index in [0.717, 1.165) is 19.4 Å². The molecule has 0 amide bonds. The topological polar surface area (TPSA) is 84.7 Å². The molecular formula is C15H19N3O4S. The van der Waals surface area contributed by atoms with Crippen LogP contribution in [0.15, 0.2) is 24.3 Å². The number of anilines is 1. The van der Waals surface area contributed by atoms with Crippen LogP contribution in [0.25, 0.3) is 0 Å². The molecule has 1 aromatic carbocycles. The Bertz CT molecular complexity index is 591. The van der Waals surface area contributed by atoms with E-state index in [4.69, 9.17) is 17.0 Å². The van der Waals surface area contributed by atoms with Crippen molar-refractivity contribution in [2.45, 2.75) is 19.8 Å². The van der Waals surface area contributed by atoms with Gasteiger partial charge in [-0.15, -0.1) is 0 Å². The fourth-order valence-electron chi connectivity index (χ4n) is 2.48. The van der Waals surface area contributed by atoms with Crippen LogP contribution in [0.1, 0.15) is 19.8 Å². The fraction of sp³-hybridized carbons (Fsp3) is 0.467. The van der Waals surface area contributed by atoms with Crippen LogP contribution in [-0.2, 0) is 9.53 Å². The molecule has 1 atom stereocenters. The number of nitro groups is 1. The Balaban J connectivity index is 1.94. The van der Waals surface area contributed by atoms with E-state index in [2.05, 4.69) is 5.32 Å². The van der Waals surface area contributed by atoms with E-state index in [-0.39, 0.29) is 17.6 Å². The first-order valence-electron chi connectivity index (χ1n) is 7.48. The molecule has 1 unspecified atom stereocenters. The summed E-state index contributed by atoms with van der Waals surface area (Å²) in [5, 5.41) is 14.2. The molecular weight excluding hydrogens is 318 g/mol. The Labute approximate surface area is 139 Å². The molecule has 0 aromatic heterocycles. The summed E-state index contributed by atoms with van der Waals surface area (Å²) >= 11 is 5.37. The zero-order valence-corrected chi connectivity index (χ0v) is 13.7. The van der Waals surface area contributed by atoms with Crippen molar-refractivity contribution in [3.8, 4) is 0 Å². The van der Waals surface area contributed by atoms with Gasteiger partial charge in [-0.1, -0.05) is 0 Å². The number of nitro benzene ring substituents is 1. The summed E-state index contributed by atoms with van der Waals surface area (Å²) in [6.07, 6.45) is 1.67. The summed E-state index contributed by atoms with van der Waals surface area (Å²) in [6, 6.07) is 6.06. The minimum atomic E-state index is -0.448. The normalized spacial score (nSPS) is 17.4. The molecule has 0 bridgehead atoms. The molecule has 7 nitrogen and oxygen atoms in total. The van der Waals surface area contributed by atoms with E-state index in [0.29, 0.717) is 24.0 Å². The van der Waals surface area contributed by atoms with Gasteiger partial charge in [-0.2, -0.15) is 0 Å². The molecule has 23 heavy (non-hydrogen) atoms. The van der Waals surface area contributed by atoms with Crippen LogP contribution in [0.3, 0.4) is 0 Å². The van der Waals surface area contributed by atoms with Gasteiger partial charge in [0.25, 0.3) is 5.69 Å². The third-order valence-electron chi connectivity index (χ3n) is 3.66. The van der Waals surface area contributed by atoms with Gasteiger partial charge in [0.05, 0.1) is 17.4 Å². The monoisotopic (exact) mass is 337 g/mol. The average molecular weight is 337 g/mol. The summed E-state index contributed by atoms with van der Waals surface area (Å²) in [7, 11) is 0. The van der Waals surface area contributed by atoms with Crippen molar-refractivity contribution in [3.05, 3.63) is 34.4 Å². The number of ether oxygens (including phenoxy) is 1. The van der Waals surface area contributed by atoms with Crippen LogP contribution < -0.4 is 5.32 Å². The van der Waals surface area contributed by atoms with Gasteiger partial charge in [0.2, 0.25) is 0 Å². The van der Waals surface area contributed by atoms with Crippen molar-refractivity contribution in [1.29, 1.82) is 0 Å². The van der Waals surface area contributed by atoms with Crippen molar-refractivity contribution in [3.63, 3.8) is 0 Å². The number of hydrogen-bond acceptors (Lipinski definition) is 5. The quantitative estimate of drug-likeness (QED) is 0.391. The lowest BCUT2D eigenvalue weighted by molar-refractivity contribution is -0.384. The Morgan fingerprint density at radius 3 is 2.78 bits per heavy atom. The molecule has 1 saturated heterocycles. The van der Waals surface area contributed by atoms with E-state index >= 15 is 0 Å². The number of carbonyl (C=O) groups excluding carboxylic acids is 1. The van der Waals surface area contributed by atoms with Crippen molar-refractivity contribution in [2.75, 3.05) is 25.0 Å². The molecule has 1 N–H and O–H groups in total. The number of thiocarbonyl (C=S) groups is 1. The van der Waals surface area contributed by atoms with Crippen LogP contribution in [-0.4, -0.2) is 40.6 Å². The second-order valence-electron chi connectivity index (χ2n) is 5.27. The second-order valence-corrected chi connectivity index (χ2v) is 5.66. The predicted molar refractivity (Wildman–Crippen MR) is 90.2 cm³/mol. The molecule has 1 aliphatic heterocycles. The van der Waals surface area contributed by atoms with Crippen molar-refractivity contribution in [2.24, 2.45) is 5.92 Å². The van der Waals surface area contributed by atoms with Crippen LogP contribution >= 0.6 is 12.2 Å². The first-order chi connectivity index (χ1) is 11.0. The SMILES string of the molecule is CCOC(=O)C1CCCN(C(=S)Nc2ccc([N+](=O)[O-])cc2)C1. The summed E-state index contributed by atoms with van der Waals surface area (Å²) in [5.41, 5.74) is 0.709. The first-order valence-corrected chi connectivity index (χ1v) is 7.89. The van der Waals surface area contributed by atoms with Crippen LogP contribution in [0, 0.1) is 16.0 Å². The smallest absolute Gasteiger partial charge is 0.310 e. The number of piperidine rings is 1. The van der Waals surface area contributed by atoms with E-state index in [1.165, 1.54) is 12.1 Å². The summed E-state index contributed by atoms with van der Waals surface area (Å²) in [5.74, 6) is -0.351. The maximum Gasteiger partial charge on any atom is 0.310 e. The molecule has 1 fully saturated rings. The lowest BCUT2D eigenvalue weighted by atomic mass is 9.98. The zero-order valence-electron chi connectivity index (χ0n) is 12.9. The van der Waals surface area contributed by atoms with E-state index in [1.807, 2.05) is 4.90 Å². The number of rotatable bonds is 4. The maximum atomic E-state index is 11.8. The number of benzene rings is 1. The maximum absolute atomic E-state index is 11.8. The summed E-state index contributed by atoms with van der Waals surface area (Å²) in [6.45, 7) is 3.46. The number of esters is 1. The highest BCUT2D eigenvalue weighted by Gasteiger charge is 2.28. The Morgan fingerprint density at radius 2 is 2.17 bits per heavy atom. The predicted octanol–water partition coefficient (Wildman–Crippen LogP) is 2.57. The Morgan fingerprint density at radius 1 is 1.48 bits per heavy atom. The number of nitrogens with one attached hydrogen (secondary N) is 1. The zero-order chi connectivity index (χ0) is 16.8. The van der Waals surface area contributed by atoms with Crippen molar-refractivity contribution < 1.29 is 14.5 Å². The van der Waals surface area contributed by atoms with E-state index in [9.17, 15) is 14.9 Å². The van der Waals surface area contributed by atoms with Gasteiger partial charge in [-0.05, 0) is 44.1 Å². The highest BCUT2D eigenvalue weighted by molar-refractivity contribution is 7.80. The van der Waals surface area contributed by atoms with Crippen molar-refractivity contribution >= 4 is 34.7 Å². The molecule has 1 aliphatic rings. The third kappa shape index (κ3) is 4.62. The fourth-order valence-corrected chi connectivity index (χ4v) is 2.77. The molecule has 1 heterocycles. The molecule has 2 rings (SSSR count). The summed E-state index contributed by atoms with van der Waals surface area (Å²) < 4.78 is 5.07. The van der Waals surface area contributed by atoms with Crippen molar-refractivity contribution in [1.82, 2.24) is 4.90 Å². The van der Waals surface area contributed by atoms with Crippen LogP contribution in [0.4, 0.5) is 11.4 Å².